The Morgan fingerprint density at radius 3 is 2.38 bits per heavy atom. The van der Waals surface area contributed by atoms with Gasteiger partial charge in [0.15, 0.2) is 0 Å². The van der Waals surface area contributed by atoms with Crippen LogP contribution in [0.1, 0.15) is 33.1 Å². The minimum atomic E-state index is -0.556. The highest BCUT2D eigenvalue weighted by molar-refractivity contribution is 9.09. The van der Waals surface area contributed by atoms with Crippen LogP contribution in [-0.4, -0.2) is 30.7 Å². The van der Waals surface area contributed by atoms with Crippen LogP contribution in [0.5, 0.6) is 0 Å². The molecule has 0 aliphatic heterocycles. The highest BCUT2D eigenvalue weighted by Crippen LogP contribution is 2.13. The first-order chi connectivity index (χ1) is 7.44. The van der Waals surface area contributed by atoms with Crippen LogP contribution in [0.4, 0.5) is 0 Å². The van der Waals surface area contributed by atoms with E-state index < -0.39 is 5.41 Å². The summed E-state index contributed by atoms with van der Waals surface area (Å²) in [5.74, 6) is -0.0498. The highest BCUT2D eigenvalue weighted by Gasteiger charge is 2.26. The van der Waals surface area contributed by atoms with Crippen LogP contribution in [-0.2, 0) is 9.59 Å². The molecule has 0 spiro atoms. The summed E-state index contributed by atoms with van der Waals surface area (Å²) in [6, 6.07) is 0. The molecule has 4 nitrogen and oxygen atoms in total. The number of rotatable bonds is 7. The van der Waals surface area contributed by atoms with Crippen LogP contribution < -0.4 is 10.6 Å². The number of halogens is 1. The number of carbonyl (C=O) groups excluding carboxylic acids is 2. The minimum Gasteiger partial charge on any atom is -0.359 e. The fourth-order valence-corrected chi connectivity index (χ4v) is 1.60. The molecule has 0 saturated heterocycles. The monoisotopic (exact) mass is 292 g/mol. The first kappa shape index (κ1) is 15.4. The van der Waals surface area contributed by atoms with Crippen molar-refractivity contribution in [1.29, 1.82) is 0 Å². The lowest BCUT2D eigenvalue weighted by Crippen LogP contribution is -2.43. The quantitative estimate of drug-likeness (QED) is 0.551. The molecule has 0 aliphatic rings. The molecule has 0 rings (SSSR count). The Bertz CT molecular complexity index is 242. The summed E-state index contributed by atoms with van der Waals surface area (Å²) < 4.78 is 0. The Balaban J connectivity index is 3.86. The maximum atomic E-state index is 11.4. The molecule has 2 N–H and O–H groups in total. The molecular formula is C11H21BrN2O2. The van der Waals surface area contributed by atoms with Gasteiger partial charge >= 0.3 is 0 Å². The van der Waals surface area contributed by atoms with Gasteiger partial charge in [-0.25, -0.2) is 0 Å². The van der Waals surface area contributed by atoms with Gasteiger partial charge in [0.25, 0.3) is 0 Å². The van der Waals surface area contributed by atoms with Crippen LogP contribution >= 0.6 is 15.9 Å². The van der Waals surface area contributed by atoms with Gasteiger partial charge < -0.3 is 10.6 Å². The van der Waals surface area contributed by atoms with Gasteiger partial charge in [0.05, 0.1) is 5.41 Å². The van der Waals surface area contributed by atoms with E-state index >= 15 is 0 Å². The van der Waals surface area contributed by atoms with Gasteiger partial charge in [-0.05, 0) is 26.7 Å². The van der Waals surface area contributed by atoms with E-state index in [1.807, 2.05) is 13.8 Å². The number of alkyl halides is 1. The van der Waals surface area contributed by atoms with Gasteiger partial charge in [-0.15, -0.1) is 0 Å². The molecule has 0 aromatic carbocycles. The summed E-state index contributed by atoms with van der Waals surface area (Å²) >= 11 is 3.31. The Hall–Kier alpha value is -0.580. The van der Waals surface area contributed by atoms with Crippen molar-refractivity contribution in [3.05, 3.63) is 0 Å². The van der Waals surface area contributed by atoms with E-state index in [2.05, 4.69) is 26.6 Å². The maximum absolute atomic E-state index is 11.4. The van der Waals surface area contributed by atoms with E-state index in [0.29, 0.717) is 13.0 Å². The molecule has 0 radical (unpaired) electrons. The van der Waals surface area contributed by atoms with Crippen molar-refractivity contribution >= 4 is 27.7 Å². The third-order valence-corrected chi connectivity index (χ3v) is 2.92. The fourth-order valence-electron chi connectivity index (χ4n) is 1.21. The van der Waals surface area contributed by atoms with Gasteiger partial charge in [0.1, 0.15) is 0 Å². The first-order valence-corrected chi connectivity index (χ1v) is 6.61. The minimum absolute atomic E-state index is 0.0120. The van der Waals surface area contributed by atoms with Crippen molar-refractivity contribution in [2.45, 2.75) is 33.1 Å². The normalized spacial score (nSPS) is 11.0. The van der Waals surface area contributed by atoms with Gasteiger partial charge in [-0.1, -0.05) is 15.9 Å². The average molecular weight is 293 g/mol. The van der Waals surface area contributed by atoms with Crippen molar-refractivity contribution in [2.24, 2.45) is 5.41 Å². The number of carbonyl (C=O) groups is 2. The van der Waals surface area contributed by atoms with E-state index in [4.69, 9.17) is 0 Å². The molecule has 94 valence electrons. The van der Waals surface area contributed by atoms with Crippen LogP contribution in [0.2, 0.25) is 0 Å². The van der Waals surface area contributed by atoms with Crippen molar-refractivity contribution in [3.63, 3.8) is 0 Å². The summed E-state index contributed by atoms with van der Waals surface area (Å²) in [5, 5.41) is 6.29. The summed E-state index contributed by atoms with van der Waals surface area (Å²) in [4.78, 5) is 22.9. The second-order valence-corrected chi connectivity index (χ2v) is 5.18. The predicted octanol–water partition coefficient (Wildman–Crippen LogP) is 1.44. The third kappa shape index (κ3) is 6.10. The molecule has 0 aromatic rings. The second-order valence-electron chi connectivity index (χ2n) is 4.39. The molecule has 16 heavy (non-hydrogen) atoms. The number of hydrogen-bond donors (Lipinski definition) is 2. The largest absolute Gasteiger partial charge is 0.359 e. The molecule has 0 unspecified atom stereocenters. The lowest BCUT2D eigenvalue weighted by Gasteiger charge is -2.22. The van der Waals surface area contributed by atoms with E-state index in [9.17, 15) is 9.59 Å². The van der Waals surface area contributed by atoms with E-state index in [1.54, 1.807) is 7.05 Å². The number of nitrogens with one attached hydrogen (secondary N) is 2. The number of amides is 2. The molecule has 0 aliphatic carbocycles. The smallest absolute Gasteiger partial charge is 0.227 e. The molecule has 0 fully saturated rings. The summed E-state index contributed by atoms with van der Waals surface area (Å²) in [6.07, 6.45) is 2.39. The van der Waals surface area contributed by atoms with E-state index in [0.717, 1.165) is 18.2 Å². The molecule has 0 saturated carbocycles. The zero-order valence-electron chi connectivity index (χ0n) is 10.2. The summed E-state index contributed by atoms with van der Waals surface area (Å²) in [6.45, 7) is 4.00. The van der Waals surface area contributed by atoms with Crippen molar-refractivity contribution < 1.29 is 9.59 Å². The predicted molar refractivity (Wildman–Crippen MR) is 68.5 cm³/mol. The SMILES string of the molecule is CNC(=O)C(C)(C)CNC(=O)CCCCBr. The third-order valence-electron chi connectivity index (χ3n) is 2.36. The molecule has 2 amide bonds. The van der Waals surface area contributed by atoms with Crippen molar-refractivity contribution in [2.75, 3.05) is 18.9 Å². The molecule has 0 heterocycles. The summed E-state index contributed by atoms with van der Waals surface area (Å²) in [5.41, 5.74) is -0.556. The molecule has 0 aromatic heterocycles. The molecule has 0 atom stereocenters. The second kappa shape index (κ2) is 7.65. The van der Waals surface area contributed by atoms with E-state index in [1.165, 1.54) is 0 Å². The topological polar surface area (TPSA) is 58.2 Å². The fraction of sp³-hybridized carbons (Fsp3) is 0.818. The van der Waals surface area contributed by atoms with Crippen LogP contribution in [0, 0.1) is 5.41 Å². The highest BCUT2D eigenvalue weighted by atomic mass is 79.9. The zero-order valence-corrected chi connectivity index (χ0v) is 11.8. The van der Waals surface area contributed by atoms with Gasteiger partial charge in [0.2, 0.25) is 11.8 Å². The number of unbranched alkanes of at least 4 members (excludes halogenated alkanes) is 1. The zero-order chi connectivity index (χ0) is 12.6. The molecular weight excluding hydrogens is 272 g/mol. The maximum Gasteiger partial charge on any atom is 0.227 e. The Labute approximate surface area is 106 Å². The first-order valence-electron chi connectivity index (χ1n) is 5.49. The van der Waals surface area contributed by atoms with Gasteiger partial charge in [-0.3, -0.25) is 9.59 Å². The lowest BCUT2D eigenvalue weighted by molar-refractivity contribution is -0.129. The van der Waals surface area contributed by atoms with Gasteiger partial charge in [-0.2, -0.15) is 0 Å². The lowest BCUT2D eigenvalue weighted by atomic mass is 9.92. The molecule has 0 bridgehead atoms. The average Bonchev–Trinajstić information content (AvgIpc) is 2.25. The standard InChI is InChI=1S/C11H21BrN2O2/c1-11(2,10(16)13-3)8-14-9(15)6-4-5-7-12/h4-8H2,1-3H3,(H,13,16)(H,14,15). The Morgan fingerprint density at radius 2 is 1.88 bits per heavy atom. The molecule has 5 heteroatoms. The van der Waals surface area contributed by atoms with Crippen LogP contribution in [0.15, 0.2) is 0 Å². The summed E-state index contributed by atoms with van der Waals surface area (Å²) in [7, 11) is 1.60. The van der Waals surface area contributed by atoms with Crippen molar-refractivity contribution in [1.82, 2.24) is 10.6 Å². The Morgan fingerprint density at radius 1 is 1.25 bits per heavy atom. The number of hydrogen-bond acceptors (Lipinski definition) is 2. The van der Waals surface area contributed by atoms with Crippen LogP contribution in [0.25, 0.3) is 0 Å². The Kier molecular flexibility index (Phi) is 7.38. The van der Waals surface area contributed by atoms with Gasteiger partial charge in [0, 0.05) is 25.3 Å². The van der Waals surface area contributed by atoms with E-state index in [-0.39, 0.29) is 11.8 Å². The van der Waals surface area contributed by atoms with Crippen LogP contribution in [0.3, 0.4) is 0 Å². The van der Waals surface area contributed by atoms with Crippen molar-refractivity contribution in [3.8, 4) is 0 Å².